The lowest BCUT2D eigenvalue weighted by Gasteiger charge is -1.76. The molecule has 50 valence electrons. The first-order valence-corrected chi connectivity index (χ1v) is 2.80. The van der Waals surface area contributed by atoms with Crippen molar-refractivity contribution in [2.75, 3.05) is 0 Å². The summed E-state index contributed by atoms with van der Waals surface area (Å²) in [6.45, 7) is 3.39. The average Bonchev–Trinajstić information content (AvgIpc) is 2.44. The van der Waals surface area contributed by atoms with Crippen molar-refractivity contribution >= 4 is 23.5 Å². The van der Waals surface area contributed by atoms with E-state index >= 15 is 0 Å². The maximum Gasteiger partial charge on any atom is 0.238 e. The molecule has 0 aliphatic heterocycles. The first-order valence-electron chi connectivity index (χ1n) is 2.80. The smallest absolute Gasteiger partial charge is 0.238 e. The Balaban J connectivity index is 2.88. The molecule has 0 aliphatic carbocycles. The van der Waals surface area contributed by atoms with Crippen LogP contribution in [0.1, 0.15) is 0 Å². The fourth-order valence-electron chi connectivity index (χ4n) is 0.869. The molecule has 10 heavy (non-hydrogen) atoms. The SMILES string of the molecule is C=Nc1c[nH]c2oncc12. The molecular weight excluding hydrogens is 130 g/mol. The molecule has 0 aliphatic rings. The van der Waals surface area contributed by atoms with Crippen molar-refractivity contribution in [1.82, 2.24) is 10.1 Å². The van der Waals surface area contributed by atoms with Crippen LogP contribution < -0.4 is 0 Å². The van der Waals surface area contributed by atoms with Crippen molar-refractivity contribution in [2.45, 2.75) is 0 Å². The molecule has 4 nitrogen and oxygen atoms in total. The van der Waals surface area contributed by atoms with Gasteiger partial charge in [0.05, 0.1) is 17.3 Å². The lowest BCUT2D eigenvalue weighted by molar-refractivity contribution is 0.449. The van der Waals surface area contributed by atoms with Crippen molar-refractivity contribution < 1.29 is 4.52 Å². The molecule has 4 heteroatoms. The molecule has 0 bridgehead atoms. The third-order valence-corrected chi connectivity index (χ3v) is 1.36. The minimum Gasteiger partial charge on any atom is -0.338 e. The van der Waals surface area contributed by atoms with Gasteiger partial charge in [0.1, 0.15) is 0 Å². The van der Waals surface area contributed by atoms with Gasteiger partial charge in [-0.1, -0.05) is 5.16 Å². The standard InChI is InChI=1S/C6H5N3O/c1-7-5-3-8-6-4(5)2-9-10-6/h2-3,8H,1H2. The number of nitrogens with zero attached hydrogens (tertiary/aromatic N) is 2. The van der Waals surface area contributed by atoms with Crippen molar-refractivity contribution in [3.63, 3.8) is 0 Å². The maximum absolute atomic E-state index is 4.81. The second-order valence-corrected chi connectivity index (χ2v) is 1.90. The summed E-state index contributed by atoms with van der Waals surface area (Å²) in [5, 5.41) is 4.45. The van der Waals surface area contributed by atoms with E-state index in [9.17, 15) is 0 Å². The number of fused-ring (bicyclic) bond motifs is 1. The van der Waals surface area contributed by atoms with Crippen LogP contribution in [0.4, 0.5) is 5.69 Å². The molecule has 0 fully saturated rings. The van der Waals surface area contributed by atoms with Crippen molar-refractivity contribution in [3.05, 3.63) is 12.4 Å². The second-order valence-electron chi connectivity index (χ2n) is 1.90. The third-order valence-electron chi connectivity index (χ3n) is 1.36. The van der Waals surface area contributed by atoms with Crippen LogP contribution in [0.15, 0.2) is 21.9 Å². The fourth-order valence-corrected chi connectivity index (χ4v) is 0.869. The number of H-pyrrole nitrogens is 1. The van der Waals surface area contributed by atoms with Gasteiger partial charge >= 0.3 is 0 Å². The zero-order chi connectivity index (χ0) is 6.97. The molecule has 0 atom stereocenters. The summed E-state index contributed by atoms with van der Waals surface area (Å²) in [6.07, 6.45) is 3.33. The number of hydrogen-bond donors (Lipinski definition) is 1. The number of nitrogens with one attached hydrogen (secondary N) is 1. The fraction of sp³-hybridized carbons (Fsp3) is 0. The average molecular weight is 135 g/mol. The highest BCUT2D eigenvalue weighted by Crippen LogP contribution is 2.23. The van der Waals surface area contributed by atoms with Crippen LogP contribution in [-0.2, 0) is 0 Å². The van der Waals surface area contributed by atoms with Crippen LogP contribution in [0.2, 0.25) is 0 Å². The normalized spacial score (nSPS) is 10.4. The van der Waals surface area contributed by atoms with Crippen LogP contribution in [0.25, 0.3) is 11.1 Å². The molecule has 0 unspecified atom stereocenters. The predicted molar refractivity (Wildman–Crippen MR) is 37.6 cm³/mol. The highest BCUT2D eigenvalue weighted by molar-refractivity contribution is 5.86. The highest BCUT2D eigenvalue weighted by atomic mass is 16.5. The van der Waals surface area contributed by atoms with Crippen molar-refractivity contribution in [1.29, 1.82) is 0 Å². The summed E-state index contributed by atoms with van der Waals surface area (Å²) < 4.78 is 4.81. The summed E-state index contributed by atoms with van der Waals surface area (Å²) in [5.41, 5.74) is 1.42. The first-order chi connectivity index (χ1) is 4.92. The van der Waals surface area contributed by atoms with Gasteiger partial charge in [-0.15, -0.1) is 0 Å². The van der Waals surface area contributed by atoms with Gasteiger partial charge < -0.3 is 9.51 Å². The summed E-state index contributed by atoms with van der Waals surface area (Å²) in [7, 11) is 0. The molecule has 2 aromatic rings. The van der Waals surface area contributed by atoms with Crippen molar-refractivity contribution in [3.8, 4) is 0 Å². The number of aromatic amines is 1. The van der Waals surface area contributed by atoms with Crippen LogP contribution in [0.3, 0.4) is 0 Å². The first kappa shape index (κ1) is 5.22. The maximum atomic E-state index is 4.81. The predicted octanol–water partition coefficient (Wildman–Crippen LogP) is 1.49. The van der Waals surface area contributed by atoms with Crippen molar-refractivity contribution in [2.24, 2.45) is 4.99 Å². The summed E-state index contributed by atoms with van der Waals surface area (Å²) in [4.78, 5) is 6.61. The van der Waals surface area contributed by atoms with Gasteiger partial charge in [-0.2, -0.15) is 0 Å². The molecule has 0 aromatic carbocycles. The van der Waals surface area contributed by atoms with Gasteiger partial charge in [0.25, 0.3) is 0 Å². The molecule has 0 saturated heterocycles. The zero-order valence-electron chi connectivity index (χ0n) is 5.16. The minimum absolute atomic E-state index is 0.641. The van der Waals surface area contributed by atoms with E-state index < -0.39 is 0 Å². The molecular formula is C6H5N3O. The second kappa shape index (κ2) is 1.70. The Hall–Kier alpha value is -1.58. The molecule has 2 heterocycles. The number of aromatic nitrogens is 2. The largest absolute Gasteiger partial charge is 0.338 e. The Morgan fingerprint density at radius 2 is 2.60 bits per heavy atom. The Labute approximate surface area is 56.5 Å². The van der Waals surface area contributed by atoms with E-state index in [0.29, 0.717) is 5.71 Å². The summed E-state index contributed by atoms with van der Waals surface area (Å²) in [6, 6.07) is 0. The Kier molecular flexibility index (Phi) is 0.887. The van der Waals surface area contributed by atoms with Gasteiger partial charge in [-0.3, -0.25) is 4.99 Å². The molecule has 2 aromatic heterocycles. The van der Waals surface area contributed by atoms with Crippen LogP contribution in [-0.4, -0.2) is 16.9 Å². The Bertz CT molecular complexity index is 360. The summed E-state index contributed by atoms with van der Waals surface area (Å²) >= 11 is 0. The van der Waals surface area contributed by atoms with Crippen LogP contribution in [0, 0.1) is 0 Å². The minimum atomic E-state index is 0.641. The monoisotopic (exact) mass is 135 g/mol. The van der Waals surface area contributed by atoms with E-state index in [0.717, 1.165) is 11.1 Å². The van der Waals surface area contributed by atoms with Gasteiger partial charge in [0.15, 0.2) is 0 Å². The summed E-state index contributed by atoms with van der Waals surface area (Å²) in [5.74, 6) is 0. The molecule has 0 spiro atoms. The molecule has 0 amide bonds. The molecule has 0 radical (unpaired) electrons. The highest BCUT2D eigenvalue weighted by Gasteiger charge is 2.03. The number of hydrogen-bond acceptors (Lipinski definition) is 3. The van der Waals surface area contributed by atoms with E-state index in [1.54, 1.807) is 12.4 Å². The molecule has 2 rings (SSSR count). The van der Waals surface area contributed by atoms with E-state index in [1.165, 1.54) is 0 Å². The van der Waals surface area contributed by atoms with Gasteiger partial charge in [0, 0.05) is 6.20 Å². The Morgan fingerprint density at radius 3 is 3.40 bits per heavy atom. The Morgan fingerprint density at radius 1 is 1.70 bits per heavy atom. The third kappa shape index (κ3) is 0.500. The van der Waals surface area contributed by atoms with E-state index in [2.05, 4.69) is 21.9 Å². The van der Waals surface area contributed by atoms with E-state index in [1.807, 2.05) is 0 Å². The van der Waals surface area contributed by atoms with Crippen LogP contribution >= 0.6 is 0 Å². The van der Waals surface area contributed by atoms with Gasteiger partial charge in [-0.25, -0.2) is 0 Å². The molecule has 0 saturated carbocycles. The van der Waals surface area contributed by atoms with E-state index in [4.69, 9.17) is 4.52 Å². The van der Waals surface area contributed by atoms with Gasteiger partial charge in [-0.05, 0) is 6.72 Å². The quantitative estimate of drug-likeness (QED) is 0.602. The topological polar surface area (TPSA) is 54.2 Å². The lowest BCUT2D eigenvalue weighted by atomic mass is 10.4. The number of rotatable bonds is 1. The van der Waals surface area contributed by atoms with Gasteiger partial charge in [0.2, 0.25) is 5.71 Å². The van der Waals surface area contributed by atoms with E-state index in [-0.39, 0.29) is 0 Å². The zero-order valence-corrected chi connectivity index (χ0v) is 5.16. The van der Waals surface area contributed by atoms with Crippen LogP contribution in [0.5, 0.6) is 0 Å². The lowest BCUT2D eigenvalue weighted by Crippen LogP contribution is -1.53. The number of aliphatic imine (C=N–C) groups is 1. The molecule has 1 N–H and O–H groups in total.